The highest BCUT2D eigenvalue weighted by molar-refractivity contribution is 7.99. The number of nitrogens with zero attached hydrogens (tertiary/aromatic N) is 4. The van der Waals surface area contributed by atoms with E-state index >= 15 is 0 Å². The van der Waals surface area contributed by atoms with E-state index in [0.717, 1.165) is 11.6 Å². The van der Waals surface area contributed by atoms with Gasteiger partial charge < -0.3 is 0 Å². The number of tetrazole rings is 1. The molecule has 0 N–H and O–H groups in total. The number of thioether (sulfide) groups is 1. The normalized spacial score (nSPS) is 22.2. The van der Waals surface area contributed by atoms with Crippen LogP contribution in [0.15, 0.2) is 35.5 Å². The third kappa shape index (κ3) is 2.73. The summed E-state index contributed by atoms with van der Waals surface area (Å²) in [5.74, 6) is 0.222. The maximum absolute atomic E-state index is 6.23. The second-order valence-corrected chi connectivity index (χ2v) is 7.26. The molecule has 1 aromatic heterocycles. The minimum atomic E-state index is -0.625. The van der Waals surface area contributed by atoms with Crippen molar-refractivity contribution in [3.8, 4) is 0 Å². The van der Waals surface area contributed by atoms with E-state index < -0.39 is 4.33 Å². The molecule has 0 aliphatic heterocycles. The molecule has 7 heteroatoms. The van der Waals surface area contributed by atoms with Crippen molar-refractivity contribution < 1.29 is 0 Å². The molecule has 1 heterocycles. The van der Waals surface area contributed by atoms with Crippen LogP contribution < -0.4 is 0 Å². The molecule has 1 aliphatic carbocycles. The summed E-state index contributed by atoms with van der Waals surface area (Å²) in [7, 11) is 1.83. The highest BCUT2D eigenvalue weighted by Crippen LogP contribution is 2.63. The SMILES string of the molecule is Cn1nnnc1SC(c1ccccc1)C1CC1(Cl)Cl. The Morgan fingerprint density at radius 1 is 1.37 bits per heavy atom. The molecule has 4 nitrogen and oxygen atoms in total. The molecule has 0 bridgehead atoms. The van der Waals surface area contributed by atoms with Crippen molar-refractivity contribution in [1.29, 1.82) is 0 Å². The lowest BCUT2D eigenvalue weighted by molar-refractivity contribution is 0.660. The van der Waals surface area contributed by atoms with Gasteiger partial charge in [0.1, 0.15) is 4.33 Å². The quantitative estimate of drug-likeness (QED) is 0.642. The van der Waals surface area contributed by atoms with Gasteiger partial charge in [0, 0.05) is 18.2 Å². The summed E-state index contributed by atoms with van der Waals surface area (Å²) in [6.45, 7) is 0. The van der Waals surface area contributed by atoms with Crippen LogP contribution in [-0.4, -0.2) is 24.5 Å². The van der Waals surface area contributed by atoms with Crippen LogP contribution in [-0.2, 0) is 7.05 Å². The Hall–Kier alpha value is -0.780. The predicted molar refractivity (Wildman–Crippen MR) is 76.4 cm³/mol. The summed E-state index contributed by atoms with van der Waals surface area (Å²) in [6, 6.07) is 10.2. The molecular weight excluding hydrogens is 303 g/mol. The molecule has 2 atom stereocenters. The van der Waals surface area contributed by atoms with Gasteiger partial charge in [0.05, 0.1) is 0 Å². The number of halogens is 2. The van der Waals surface area contributed by atoms with Gasteiger partial charge in [-0.15, -0.1) is 28.3 Å². The van der Waals surface area contributed by atoms with E-state index in [0.29, 0.717) is 0 Å². The third-order valence-electron chi connectivity index (χ3n) is 3.18. The maximum atomic E-state index is 6.23. The van der Waals surface area contributed by atoms with Crippen LogP contribution >= 0.6 is 35.0 Å². The van der Waals surface area contributed by atoms with Gasteiger partial charge in [0.2, 0.25) is 5.16 Å². The Balaban J connectivity index is 1.88. The van der Waals surface area contributed by atoms with Crippen LogP contribution in [0.4, 0.5) is 0 Å². The molecule has 1 aromatic carbocycles. The Morgan fingerprint density at radius 2 is 2.05 bits per heavy atom. The Bertz CT molecular complexity index is 572. The van der Waals surface area contributed by atoms with Gasteiger partial charge in [-0.1, -0.05) is 42.1 Å². The Kier molecular flexibility index (Phi) is 3.45. The van der Waals surface area contributed by atoms with Crippen LogP contribution in [0.2, 0.25) is 0 Å². The van der Waals surface area contributed by atoms with Gasteiger partial charge in [-0.05, 0) is 22.4 Å². The van der Waals surface area contributed by atoms with Crippen LogP contribution in [0.1, 0.15) is 17.2 Å². The molecule has 100 valence electrons. The van der Waals surface area contributed by atoms with E-state index in [-0.39, 0.29) is 11.2 Å². The number of hydrogen-bond acceptors (Lipinski definition) is 4. The predicted octanol–water partition coefficient (Wildman–Crippen LogP) is 3.24. The molecule has 3 rings (SSSR count). The van der Waals surface area contributed by atoms with E-state index in [1.807, 2.05) is 25.2 Å². The smallest absolute Gasteiger partial charge is 0.209 e. The highest BCUT2D eigenvalue weighted by atomic mass is 35.5. The van der Waals surface area contributed by atoms with E-state index in [4.69, 9.17) is 23.2 Å². The molecule has 2 unspecified atom stereocenters. The van der Waals surface area contributed by atoms with Gasteiger partial charge in [0.15, 0.2) is 0 Å². The molecular formula is C12H12Cl2N4S. The fourth-order valence-corrected chi connectivity index (χ4v) is 4.04. The van der Waals surface area contributed by atoms with Gasteiger partial charge in [-0.3, -0.25) is 0 Å². The van der Waals surface area contributed by atoms with Crippen molar-refractivity contribution in [3.05, 3.63) is 35.9 Å². The topological polar surface area (TPSA) is 43.6 Å². The standard InChI is InChI=1S/C12H12Cl2N4S/c1-18-11(15-16-17-18)19-10(9-7-12(9,13)14)8-5-3-2-4-6-8/h2-6,9-10H,7H2,1H3. The Morgan fingerprint density at radius 3 is 2.58 bits per heavy atom. The largest absolute Gasteiger partial charge is 0.224 e. The summed E-state index contributed by atoms with van der Waals surface area (Å²) in [6.07, 6.45) is 0.800. The summed E-state index contributed by atoms with van der Waals surface area (Å²) in [5, 5.41) is 12.5. The molecule has 0 amide bonds. The molecule has 1 saturated carbocycles. The molecule has 0 radical (unpaired) electrons. The molecule has 1 fully saturated rings. The lowest BCUT2D eigenvalue weighted by atomic mass is 10.1. The van der Waals surface area contributed by atoms with Crippen molar-refractivity contribution in [2.75, 3.05) is 0 Å². The van der Waals surface area contributed by atoms with Crippen molar-refractivity contribution in [1.82, 2.24) is 20.2 Å². The lowest BCUT2D eigenvalue weighted by Crippen LogP contribution is -2.04. The first-order valence-corrected chi connectivity index (χ1v) is 7.53. The highest BCUT2D eigenvalue weighted by Gasteiger charge is 2.56. The van der Waals surface area contributed by atoms with Gasteiger partial charge in [0.25, 0.3) is 0 Å². The first kappa shape index (κ1) is 13.2. The number of alkyl halides is 2. The van der Waals surface area contributed by atoms with E-state index in [9.17, 15) is 0 Å². The monoisotopic (exact) mass is 314 g/mol. The van der Waals surface area contributed by atoms with Crippen molar-refractivity contribution in [2.24, 2.45) is 13.0 Å². The summed E-state index contributed by atoms with van der Waals surface area (Å²) in [5.41, 5.74) is 1.20. The van der Waals surface area contributed by atoms with Crippen LogP contribution in [0.25, 0.3) is 0 Å². The second-order valence-electron chi connectivity index (χ2n) is 4.61. The summed E-state index contributed by atoms with van der Waals surface area (Å²) < 4.78 is 1.03. The second kappa shape index (κ2) is 4.96. The average molecular weight is 315 g/mol. The zero-order valence-corrected chi connectivity index (χ0v) is 12.5. The third-order valence-corrected chi connectivity index (χ3v) is 5.46. The van der Waals surface area contributed by atoms with Crippen LogP contribution in [0.3, 0.4) is 0 Å². The van der Waals surface area contributed by atoms with Gasteiger partial charge >= 0.3 is 0 Å². The van der Waals surface area contributed by atoms with E-state index in [1.54, 1.807) is 16.4 Å². The zero-order valence-electron chi connectivity index (χ0n) is 10.2. The molecule has 1 aliphatic rings. The molecule has 0 saturated heterocycles. The van der Waals surface area contributed by atoms with Crippen molar-refractivity contribution in [3.63, 3.8) is 0 Å². The maximum Gasteiger partial charge on any atom is 0.209 e. The van der Waals surface area contributed by atoms with Gasteiger partial charge in [-0.25, -0.2) is 4.68 Å². The fourth-order valence-electron chi connectivity index (χ4n) is 2.02. The first-order valence-electron chi connectivity index (χ1n) is 5.90. The Labute approximate surface area is 125 Å². The first-order chi connectivity index (χ1) is 9.08. The fraction of sp³-hybridized carbons (Fsp3) is 0.417. The summed E-state index contributed by atoms with van der Waals surface area (Å²) >= 11 is 14.1. The number of rotatable bonds is 4. The van der Waals surface area contributed by atoms with E-state index in [1.165, 1.54) is 5.56 Å². The van der Waals surface area contributed by atoms with Crippen LogP contribution in [0, 0.1) is 5.92 Å². The minimum Gasteiger partial charge on any atom is -0.224 e. The number of benzene rings is 1. The average Bonchev–Trinajstić information content (AvgIpc) is 2.83. The lowest BCUT2D eigenvalue weighted by Gasteiger charge is -2.16. The molecule has 19 heavy (non-hydrogen) atoms. The zero-order chi connectivity index (χ0) is 13.5. The number of aryl methyl sites for hydroxylation is 1. The van der Waals surface area contributed by atoms with E-state index in [2.05, 4.69) is 27.7 Å². The molecule has 0 spiro atoms. The molecule has 2 aromatic rings. The minimum absolute atomic E-state index is 0.167. The number of hydrogen-bond donors (Lipinski definition) is 0. The van der Waals surface area contributed by atoms with Crippen LogP contribution in [0.5, 0.6) is 0 Å². The summed E-state index contributed by atoms with van der Waals surface area (Å²) in [4.78, 5) is 0. The number of aromatic nitrogens is 4. The van der Waals surface area contributed by atoms with Gasteiger partial charge in [-0.2, -0.15) is 0 Å². The van der Waals surface area contributed by atoms with Crippen molar-refractivity contribution >= 4 is 35.0 Å². The van der Waals surface area contributed by atoms with Crippen molar-refractivity contribution in [2.45, 2.75) is 21.2 Å².